The van der Waals surface area contributed by atoms with Crippen LogP contribution in [0.5, 0.6) is 5.75 Å². The molecule has 4 rings (SSSR count). The largest absolute Gasteiger partial charge is 0.508 e. The van der Waals surface area contributed by atoms with Gasteiger partial charge in [-0.2, -0.15) is 0 Å². The molecule has 2 heteroatoms. The fourth-order valence-electron chi connectivity index (χ4n) is 3.75. The second-order valence-electron chi connectivity index (χ2n) is 7.04. The highest BCUT2D eigenvalue weighted by Gasteiger charge is 2.37. The molecule has 0 radical (unpaired) electrons. The zero-order chi connectivity index (χ0) is 19.9. The van der Waals surface area contributed by atoms with Crippen molar-refractivity contribution in [2.45, 2.75) is 12.0 Å². The first-order valence-electron chi connectivity index (χ1n) is 9.87. The van der Waals surface area contributed by atoms with Gasteiger partial charge in [0.15, 0.2) is 0 Å². The van der Waals surface area contributed by atoms with E-state index in [2.05, 4.69) is 72.8 Å². The standard InChI is InChI=1S/C27H24O2/c28-26-18-16-22(17-19-26)20-21-29-27(23-10-4-1-5-11-23,24-12-6-2-7-13-24)25-14-8-3-9-15-25/h1-19,28H,20-21H2. The number of aromatic hydroxyl groups is 1. The number of hydrogen-bond acceptors (Lipinski definition) is 2. The summed E-state index contributed by atoms with van der Waals surface area (Å²) in [6.45, 7) is 0.545. The summed E-state index contributed by atoms with van der Waals surface area (Å²) < 4.78 is 6.76. The third kappa shape index (κ3) is 4.08. The third-order valence-corrected chi connectivity index (χ3v) is 5.19. The Labute approximate surface area is 172 Å². The highest BCUT2D eigenvalue weighted by Crippen LogP contribution is 2.40. The number of benzene rings is 4. The molecule has 0 aliphatic carbocycles. The Morgan fingerprint density at radius 3 is 1.38 bits per heavy atom. The van der Waals surface area contributed by atoms with Gasteiger partial charge < -0.3 is 9.84 Å². The topological polar surface area (TPSA) is 29.5 Å². The molecule has 0 saturated heterocycles. The zero-order valence-corrected chi connectivity index (χ0v) is 16.2. The summed E-state index contributed by atoms with van der Waals surface area (Å²) in [7, 11) is 0. The first-order chi connectivity index (χ1) is 14.3. The van der Waals surface area contributed by atoms with Gasteiger partial charge >= 0.3 is 0 Å². The van der Waals surface area contributed by atoms with Gasteiger partial charge in [-0.1, -0.05) is 103 Å². The van der Waals surface area contributed by atoms with Crippen molar-refractivity contribution in [3.8, 4) is 5.75 Å². The average Bonchev–Trinajstić information content (AvgIpc) is 2.80. The van der Waals surface area contributed by atoms with E-state index >= 15 is 0 Å². The van der Waals surface area contributed by atoms with Gasteiger partial charge in [-0.05, 0) is 40.8 Å². The first-order valence-corrected chi connectivity index (χ1v) is 9.87. The summed E-state index contributed by atoms with van der Waals surface area (Å²) in [5, 5.41) is 9.53. The predicted octanol–water partition coefficient (Wildman–Crippen LogP) is 5.94. The Morgan fingerprint density at radius 2 is 0.966 bits per heavy atom. The zero-order valence-electron chi connectivity index (χ0n) is 16.2. The van der Waals surface area contributed by atoms with Crippen LogP contribution in [0, 0.1) is 0 Å². The molecule has 0 spiro atoms. The Balaban J connectivity index is 1.76. The van der Waals surface area contributed by atoms with E-state index in [1.54, 1.807) is 12.1 Å². The minimum absolute atomic E-state index is 0.280. The lowest BCUT2D eigenvalue weighted by Gasteiger charge is -2.36. The van der Waals surface area contributed by atoms with Gasteiger partial charge in [0.1, 0.15) is 11.4 Å². The lowest BCUT2D eigenvalue weighted by atomic mass is 9.80. The van der Waals surface area contributed by atoms with Crippen LogP contribution < -0.4 is 0 Å². The Kier molecular flexibility index (Phi) is 5.73. The van der Waals surface area contributed by atoms with Crippen LogP contribution in [0.2, 0.25) is 0 Å². The molecule has 0 bridgehead atoms. The van der Waals surface area contributed by atoms with E-state index in [4.69, 9.17) is 4.74 Å². The van der Waals surface area contributed by atoms with Gasteiger partial charge in [0.05, 0.1) is 6.61 Å². The highest BCUT2D eigenvalue weighted by atomic mass is 16.5. The van der Waals surface area contributed by atoms with Crippen LogP contribution in [-0.4, -0.2) is 11.7 Å². The van der Waals surface area contributed by atoms with Crippen molar-refractivity contribution in [3.63, 3.8) is 0 Å². The smallest absolute Gasteiger partial charge is 0.143 e. The Morgan fingerprint density at radius 1 is 0.552 bits per heavy atom. The summed E-state index contributed by atoms with van der Waals surface area (Å²) in [6, 6.07) is 38.5. The number of hydrogen-bond donors (Lipinski definition) is 1. The molecular formula is C27H24O2. The molecular weight excluding hydrogens is 356 g/mol. The molecule has 144 valence electrons. The van der Waals surface area contributed by atoms with Crippen LogP contribution in [0.4, 0.5) is 0 Å². The van der Waals surface area contributed by atoms with Crippen molar-refractivity contribution in [1.82, 2.24) is 0 Å². The van der Waals surface area contributed by atoms with Crippen molar-refractivity contribution in [3.05, 3.63) is 138 Å². The fraction of sp³-hybridized carbons (Fsp3) is 0.111. The van der Waals surface area contributed by atoms with Crippen LogP contribution in [0.15, 0.2) is 115 Å². The van der Waals surface area contributed by atoms with Crippen molar-refractivity contribution >= 4 is 0 Å². The van der Waals surface area contributed by atoms with Gasteiger partial charge in [0.25, 0.3) is 0 Å². The van der Waals surface area contributed by atoms with Gasteiger partial charge in [-0.3, -0.25) is 0 Å². The van der Waals surface area contributed by atoms with Crippen molar-refractivity contribution < 1.29 is 9.84 Å². The van der Waals surface area contributed by atoms with E-state index in [1.165, 1.54) is 0 Å². The molecule has 0 aromatic heterocycles. The van der Waals surface area contributed by atoms with Gasteiger partial charge in [-0.15, -0.1) is 0 Å². The number of phenolic OH excluding ortho intramolecular Hbond substituents is 1. The van der Waals surface area contributed by atoms with Crippen LogP contribution in [0.1, 0.15) is 22.3 Å². The minimum atomic E-state index is -0.694. The van der Waals surface area contributed by atoms with Crippen LogP contribution >= 0.6 is 0 Å². The van der Waals surface area contributed by atoms with E-state index in [1.807, 2.05) is 30.3 Å². The quantitative estimate of drug-likeness (QED) is 0.402. The number of phenols is 1. The monoisotopic (exact) mass is 380 g/mol. The van der Waals surface area contributed by atoms with Crippen LogP contribution in [-0.2, 0) is 16.8 Å². The molecule has 4 aromatic rings. The number of rotatable bonds is 7. The van der Waals surface area contributed by atoms with Crippen molar-refractivity contribution in [2.75, 3.05) is 6.61 Å². The summed E-state index contributed by atoms with van der Waals surface area (Å²) >= 11 is 0. The van der Waals surface area contributed by atoms with Crippen LogP contribution in [0.3, 0.4) is 0 Å². The molecule has 0 saturated carbocycles. The third-order valence-electron chi connectivity index (χ3n) is 5.19. The van der Waals surface area contributed by atoms with E-state index < -0.39 is 5.60 Å². The lowest BCUT2D eigenvalue weighted by Crippen LogP contribution is -2.33. The molecule has 0 fully saturated rings. The molecule has 0 aliphatic rings. The molecule has 1 N–H and O–H groups in total. The highest BCUT2D eigenvalue weighted by molar-refractivity contribution is 5.47. The predicted molar refractivity (Wildman–Crippen MR) is 117 cm³/mol. The van der Waals surface area contributed by atoms with Gasteiger partial charge in [-0.25, -0.2) is 0 Å². The fourth-order valence-corrected chi connectivity index (χ4v) is 3.75. The molecule has 0 amide bonds. The first kappa shape index (κ1) is 19.0. The van der Waals surface area contributed by atoms with Crippen molar-refractivity contribution in [2.24, 2.45) is 0 Å². The Hall–Kier alpha value is -3.36. The van der Waals surface area contributed by atoms with Gasteiger partial charge in [0.2, 0.25) is 0 Å². The van der Waals surface area contributed by atoms with Crippen LogP contribution in [0.25, 0.3) is 0 Å². The second kappa shape index (κ2) is 8.76. The average molecular weight is 380 g/mol. The molecule has 29 heavy (non-hydrogen) atoms. The summed E-state index contributed by atoms with van der Waals surface area (Å²) in [4.78, 5) is 0. The molecule has 2 nitrogen and oxygen atoms in total. The van der Waals surface area contributed by atoms with E-state index in [0.29, 0.717) is 6.61 Å². The maximum atomic E-state index is 9.53. The molecule has 4 aromatic carbocycles. The molecule has 0 aliphatic heterocycles. The normalized spacial score (nSPS) is 11.3. The SMILES string of the molecule is Oc1ccc(CCOC(c2ccccc2)(c2ccccc2)c2ccccc2)cc1. The second-order valence-corrected chi connectivity index (χ2v) is 7.04. The molecule has 0 heterocycles. The lowest BCUT2D eigenvalue weighted by molar-refractivity contribution is 0.0148. The number of ether oxygens (including phenoxy) is 1. The Bertz CT molecular complexity index is 914. The summed E-state index contributed by atoms with van der Waals surface area (Å²) in [5.41, 5.74) is 3.74. The van der Waals surface area contributed by atoms with E-state index in [0.717, 1.165) is 28.7 Å². The molecule has 0 atom stereocenters. The van der Waals surface area contributed by atoms with E-state index in [-0.39, 0.29) is 5.75 Å². The van der Waals surface area contributed by atoms with Gasteiger partial charge in [0, 0.05) is 0 Å². The minimum Gasteiger partial charge on any atom is -0.508 e. The summed E-state index contributed by atoms with van der Waals surface area (Å²) in [5.74, 6) is 0.280. The van der Waals surface area contributed by atoms with Crippen molar-refractivity contribution in [1.29, 1.82) is 0 Å². The van der Waals surface area contributed by atoms with E-state index in [9.17, 15) is 5.11 Å². The maximum absolute atomic E-state index is 9.53. The maximum Gasteiger partial charge on any atom is 0.143 e. The summed E-state index contributed by atoms with van der Waals surface area (Å²) in [6.07, 6.45) is 0.758. The molecule has 0 unspecified atom stereocenters.